The Kier molecular flexibility index (Phi) is 7.23. The molecule has 0 bridgehead atoms. The zero-order chi connectivity index (χ0) is 13.4. The normalized spacial score (nSPS) is 18.9. The molecule has 0 spiro atoms. The number of ether oxygens (including phenoxy) is 1. The van der Waals surface area contributed by atoms with Crippen molar-refractivity contribution in [1.82, 2.24) is 15.5 Å². The lowest BCUT2D eigenvalue weighted by Crippen LogP contribution is -2.46. The van der Waals surface area contributed by atoms with Crippen LogP contribution in [0.3, 0.4) is 0 Å². The van der Waals surface area contributed by atoms with Crippen molar-refractivity contribution in [3.63, 3.8) is 0 Å². The number of nitrogens with zero attached hydrogens (tertiary/aromatic N) is 1. The predicted octanol–water partition coefficient (Wildman–Crippen LogP) is 0.211. The lowest BCUT2D eigenvalue weighted by atomic mass is 10.2. The van der Waals surface area contributed by atoms with Gasteiger partial charge >= 0.3 is 0 Å². The van der Waals surface area contributed by atoms with Crippen LogP contribution in [0, 0.1) is 0 Å². The summed E-state index contributed by atoms with van der Waals surface area (Å²) in [5.41, 5.74) is 0. The summed E-state index contributed by atoms with van der Waals surface area (Å²) in [5, 5.41) is 6.28. The Labute approximate surface area is 110 Å². The fourth-order valence-corrected chi connectivity index (χ4v) is 2.04. The number of carbonyl (C=O) groups is 1. The summed E-state index contributed by atoms with van der Waals surface area (Å²) >= 11 is 0. The highest BCUT2D eigenvalue weighted by Crippen LogP contribution is 1.98. The molecule has 0 radical (unpaired) electrons. The minimum Gasteiger partial charge on any atom is -0.379 e. The van der Waals surface area contributed by atoms with Crippen molar-refractivity contribution in [2.45, 2.75) is 39.3 Å². The summed E-state index contributed by atoms with van der Waals surface area (Å²) in [6.07, 6.45) is 0.547. The molecule has 0 aromatic carbocycles. The topological polar surface area (TPSA) is 53.6 Å². The molecule has 1 fully saturated rings. The Morgan fingerprint density at radius 2 is 1.94 bits per heavy atom. The van der Waals surface area contributed by atoms with Gasteiger partial charge in [-0.15, -0.1) is 0 Å². The molecule has 1 saturated heterocycles. The largest absolute Gasteiger partial charge is 0.379 e. The van der Waals surface area contributed by atoms with E-state index < -0.39 is 0 Å². The van der Waals surface area contributed by atoms with Crippen molar-refractivity contribution in [3.8, 4) is 0 Å². The van der Waals surface area contributed by atoms with Crippen molar-refractivity contribution in [2.75, 3.05) is 39.4 Å². The van der Waals surface area contributed by atoms with Crippen molar-refractivity contribution in [3.05, 3.63) is 0 Å². The molecule has 1 amide bonds. The molecule has 18 heavy (non-hydrogen) atoms. The Hall–Kier alpha value is -0.650. The van der Waals surface area contributed by atoms with Crippen LogP contribution < -0.4 is 10.6 Å². The fourth-order valence-electron chi connectivity index (χ4n) is 2.04. The number of morpholine rings is 1. The molecule has 0 aromatic rings. The minimum atomic E-state index is 0.129. The van der Waals surface area contributed by atoms with Gasteiger partial charge in [0.05, 0.1) is 13.2 Å². The zero-order valence-electron chi connectivity index (χ0n) is 11.9. The van der Waals surface area contributed by atoms with Gasteiger partial charge in [-0.3, -0.25) is 9.69 Å². The minimum absolute atomic E-state index is 0.129. The first-order valence-electron chi connectivity index (χ1n) is 6.90. The molecule has 0 saturated carbocycles. The second-order valence-electron chi connectivity index (χ2n) is 5.24. The summed E-state index contributed by atoms with van der Waals surface area (Å²) < 4.78 is 5.30. The maximum atomic E-state index is 11.7. The number of rotatable bonds is 7. The van der Waals surface area contributed by atoms with Gasteiger partial charge in [0.25, 0.3) is 0 Å². The van der Waals surface area contributed by atoms with E-state index in [0.717, 1.165) is 39.4 Å². The van der Waals surface area contributed by atoms with Gasteiger partial charge in [0.1, 0.15) is 0 Å². The second kappa shape index (κ2) is 8.45. The van der Waals surface area contributed by atoms with E-state index in [2.05, 4.69) is 36.3 Å². The van der Waals surface area contributed by atoms with Gasteiger partial charge in [-0.2, -0.15) is 0 Å². The molecule has 5 nitrogen and oxygen atoms in total. The van der Waals surface area contributed by atoms with Crippen LogP contribution in [-0.2, 0) is 9.53 Å². The van der Waals surface area contributed by atoms with Crippen LogP contribution >= 0.6 is 0 Å². The van der Waals surface area contributed by atoms with E-state index in [1.165, 1.54) is 0 Å². The Bertz CT molecular complexity index is 240. The molecule has 1 rings (SSSR count). The van der Waals surface area contributed by atoms with Gasteiger partial charge in [-0.1, -0.05) is 13.8 Å². The van der Waals surface area contributed by atoms with E-state index in [9.17, 15) is 4.79 Å². The third-order valence-corrected chi connectivity index (χ3v) is 2.95. The van der Waals surface area contributed by atoms with Crippen LogP contribution in [0.2, 0.25) is 0 Å². The number of hydrogen-bond acceptors (Lipinski definition) is 4. The van der Waals surface area contributed by atoms with E-state index in [0.29, 0.717) is 12.5 Å². The van der Waals surface area contributed by atoms with Gasteiger partial charge < -0.3 is 15.4 Å². The molecule has 1 unspecified atom stereocenters. The summed E-state index contributed by atoms with van der Waals surface area (Å²) in [5.74, 6) is 0.129. The molecule has 0 aromatic heterocycles. The highest BCUT2D eigenvalue weighted by molar-refractivity contribution is 5.76. The molecular formula is C13H27N3O2. The first-order valence-corrected chi connectivity index (χ1v) is 6.90. The van der Waals surface area contributed by atoms with Gasteiger partial charge in [0, 0.05) is 44.7 Å². The lowest BCUT2D eigenvalue weighted by Gasteiger charge is -2.29. The summed E-state index contributed by atoms with van der Waals surface area (Å²) in [4.78, 5) is 14.0. The first-order chi connectivity index (χ1) is 8.58. The Balaban J connectivity index is 2.10. The van der Waals surface area contributed by atoms with E-state index in [1.54, 1.807) is 0 Å². The maximum Gasteiger partial charge on any atom is 0.221 e. The summed E-state index contributed by atoms with van der Waals surface area (Å²) in [6.45, 7) is 11.4. The first kappa shape index (κ1) is 15.4. The van der Waals surface area contributed by atoms with Gasteiger partial charge in [-0.05, 0) is 6.92 Å². The Morgan fingerprint density at radius 1 is 1.28 bits per heavy atom. The van der Waals surface area contributed by atoms with Crippen molar-refractivity contribution in [2.24, 2.45) is 0 Å². The van der Waals surface area contributed by atoms with E-state index >= 15 is 0 Å². The zero-order valence-corrected chi connectivity index (χ0v) is 11.9. The molecular weight excluding hydrogens is 230 g/mol. The molecule has 5 heteroatoms. The third kappa shape index (κ3) is 6.93. The predicted molar refractivity (Wildman–Crippen MR) is 72.6 cm³/mol. The van der Waals surface area contributed by atoms with E-state index in [1.807, 2.05) is 0 Å². The van der Waals surface area contributed by atoms with Crippen molar-refractivity contribution in [1.29, 1.82) is 0 Å². The quantitative estimate of drug-likeness (QED) is 0.685. The molecule has 2 N–H and O–H groups in total. The highest BCUT2D eigenvalue weighted by atomic mass is 16.5. The summed E-state index contributed by atoms with van der Waals surface area (Å²) in [6, 6.07) is 0.637. The highest BCUT2D eigenvalue weighted by Gasteiger charge is 2.14. The Morgan fingerprint density at radius 3 is 2.56 bits per heavy atom. The van der Waals surface area contributed by atoms with Gasteiger partial charge in [0.15, 0.2) is 0 Å². The van der Waals surface area contributed by atoms with Crippen LogP contribution in [0.4, 0.5) is 0 Å². The maximum absolute atomic E-state index is 11.7. The van der Waals surface area contributed by atoms with Gasteiger partial charge in [-0.25, -0.2) is 0 Å². The molecule has 106 valence electrons. The molecule has 0 aliphatic carbocycles. The molecule has 1 heterocycles. The number of carbonyl (C=O) groups excluding carboxylic acids is 1. The number of hydrogen-bond donors (Lipinski definition) is 2. The molecule has 1 aliphatic heterocycles. The summed E-state index contributed by atoms with van der Waals surface area (Å²) in [7, 11) is 0. The average Bonchev–Trinajstić information content (AvgIpc) is 2.29. The number of amides is 1. The van der Waals surface area contributed by atoms with Crippen molar-refractivity contribution < 1.29 is 9.53 Å². The smallest absolute Gasteiger partial charge is 0.221 e. The second-order valence-corrected chi connectivity index (χ2v) is 5.24. The molecule has 1 aliphatic rings. The van der Waals surface area contributed by atoms with Crippen LogP contribution in [0.5, 0.6) is 0 Å². The van der Waals surface area contributed by atoms with Crippen LogP contribution in [0.1, 0.15) is 27.2 Å². The van der Waals surface area contributed by atoms with Crippen LogP contribution in [0.15, 0.2) is 0 Å². The third-order valence-electron chi connectivity index (χ3n) is 2.95. The number of nitrogens with one attached hydrogen (secondary N) is 2. The van der Waals surface area contributed by atoms with Crippen molar-refractivity contribution >= 4 is 5.91 Å². The standard InChI is InChI=1S/C13H27N3O2/c1-11(2)14-5-4-13(17)15-12(3)10-16-6-8-18-9-7-16/h11-12,14H,4-10H2,1-3H3,(H,15,17). The van der Waals surface area contributed by atoms with E-state index in [4.69, 9.17) is 4.74 Å². The average molecular weight is 257 g/mol. The lowest BCUT2D eigenvalue weighted by molar-refractivity contribution is -0.121. The van der Waals surface area contributed by atoms with E-state index in [-0.39, 0.29) is 11.9 Å². The van der Waals surface area contributed by atoms with Crippen LogP contribution in [0.25, 0.3) is 0 Å². The monoisotopic (exact) mass is 257 g/mol. The fraction of sp³-hybridized carbons (Fsp3) is 0.923. The van der Waals surface area contributed by atoms with Gasteiger partial charge in [0.2, 0.25) is 5.91 Å². The SMILES string of the molecule is CC(C)NCCC(=O)NC(C)CN1CCOCC1. The molecule has 1 atom stereocenters. The van der Waals surface area contributed by atoms with Crippen LogP contribution in [-0.4, -0.2) is 62.3 Å².